The number of hydrogen-bond donors (Lipinski definition) is 0. The first kappa shape index (κ1) is 14.6. The second-order valence-corrected chi connectivity index (χ2v) is 5.99. The van der Waals surface area contributed by atoms with Crippen LogP contribution in [0.4, 0.5) is 0 Å². The van der Waals surface area contributed by atoms with E-state index in [0.29, 0.717) is 19.5 Å². The van der Waals surface area contributed by atoms with Crippen LogP contribution in [0.5, 0.6) is 0 Å². The molecular weight excluding hydrogens is 274 g/mol. The van der Waals surface area contributed by atoms with Crippen LogP contribution in [0.2, 0.25) is 0 Å². The van der Waals surface area contributed by atoms with Crippen molar-refractivity contribution in [3.63, 3.8) is 0 Å². The second-order valence-electron chi connectivity index (χ2n) is 5.99. The first-order valence-corrected chi connectivity index (χ1v) is 7.58. The van der Waals surface area contributed by atoms with E-state index in [4.69, 9.17) is 4.98 Å². The molecule has 0 aliphatic carbocycles. The van der Waals surface area contributed by atoms with Crippen molar-refractivity contribution in [1.82, 2.24) is 14.5 Å². The summed E-state index contributed by atoms with van der Waals surface area (Å²) in [6.07, 6.45) is 2.30. The molecule has 0 unspecified atom stereocenters. The molecule has 1 aromatic heterocycles. The first-order chi connectivity index (χ1) is 10.6. The molecule has 4 nitrogen and oxygen atoms in total. The molecule has 1 amide bonds. The largest absolute Gasteiger partial charge is 0.338 e. The first-order valence-electron chi connectivity index (χ1n) is 7.58. The van der Waals surface area contributed by atoms with Crippen molar-refractivity contribution < 1.29 is 4.79 Å². The highest BCUT2D eigenvalue weighted by atomic mass is 16.2. The van der Waals surface area contributed by atoms with Crippen molar-refractivity contribution >= 4 is 16.9 Å². The number of likely N-dealkylation sites (tertiary alicyclic amines) is 1. The lowest BCUT2D eigenvalue weighted by molar-refractivity contribution is -0.127. The van der Waals surface area contributed by atoms with Gasteiger partial charge in [0.15, 0.2) is 0 Å². The van der Waals surface area contributed by atoms with Crippen LogP contribution in [-0.2, 0) is 11.3 Å². The molecule has 1 fully saturated rings. The Morgan fingerprint density at radius 3 is 2.95 bits per heavy atom. The Balaban J connectivity index is 2.01. The van der Waals surface area contributed by atoms with Gasteiger partial charge in [0.1, 0.15) is 5.82 Å². The molecule has 1 saturated heterocycles. The van der Waals surface area contributed by atoms with Gasteiger partial charge in [0.2, 0.25) is 5.91 Å². The van der Waals surface area contributed by atoms with Crippen molar-refractivity contribution in [3.05, 3.63) is 54.9 Å². The number of benzene rings is 1. The molecule has 0 spiro atoms. The molecule has 0 radical (unpaired) electrons. The van der Waals surface area contributed by atoms with Gasteiger partial charge in [0.05, 0.1) is 11.0 Å². The summed E-state index contributed by atoms with van der Waals surface area (Å²) in [5.74, 6) is 1.31. The molecule has 0 bridgehead atoms. The van der Waals surface area contributed by atoms with Gasteiger partial charge in [-0.05, 0) is 19.1 Å². The highest BCUT2D eigenvalue weighted by molar-refractivity contribution is 5.81. The lowest BCUT2D eigenvalue weighted by atomic mass is 10.1. The van der Waals surface area contributed by atoms with E-state index in [1.165, 1.54) is 0 Å². The molecule has 0 saturated carbocycles. The molecule has 3 rings (SSSR count). The molecule has 0 N–H and O–H groups in total. The van der Waals surface area contributed by atoms with Crippen LogP contribution in [0, 0.1) is 0 Å². The van der Waals surface area contributed by atoms with Crippen LogP contribution in [0.1, 0.15) is 25.1 Å². The molecule has 1 aromatic carbocycles. The number of nitrogens with zero attached hydrogens (tertiary/aromatic N) is 3. The third-order valence-electron chi connectivity index (χ3n) is 4.04. The number of allylic oxidation sites excluding steroid dienone is 1. The maximum Gasteiger partial charge on any atom is 0.223 e. The number of rotatable bonds is 5. The molecular formula is C18H21N3O. The zero-order chi connectivity index (χ0) is 15.7. The van der Waals surface area contributed by atoms with Crippen LogP contribution in [-0.4, -0.2) is 33.4 Å². The Hall–Kier alpha value is -2.36. The van der Waals surface area contributed by atoms with Gasteiger partial charge >= 0.3 is 0 Å². The predicted molar refractivity (Wildman–Crippen MR) is 88.7 cm³/mol. The van der Waals surface area contributed by atoms with Crippen LogP contribution >= 0.6 is 0 Å². The average molecular weight is 295 g/mol. The van der Waals surface area contributed by atoms with Crippen LogP contribution in [0.25, 0.3) is 11.0 Å². The van der Waals surface area contributed by atoms with Crippen molar-refractivity contribution in [2.24, 2.45) is 0 Å². The van der Waals surface area contributed by atoms with E-state index < -0.39 is 0 Å². The molecule has 114 valence electrons. The zero-order valence-corrected chi connectivity index (χ0v) is 13.0. The SMILES string of the molecule is C=CCN1C[C@@H](c2nc3ccccc3n2CC(=C)C)CC1=O. The summed E-state index contributed by atoms with van der Waals surface area (Å²) in [5.41, 5.74) is 3.17. The Bertz CT molecular complexity index is 744. The minimum absolute atomic E-state index is 0.138. The Morgan fingerprint density at radius 2 is 2.23 bits per heavy atom. The van der Waals surface area contributed by atoms with Gasteiger partial charge in [-0.25, -0.2) is 4.98 Å². The van der Waals surface area contributed by atoms with E-state index in [1.54, 1.807) is 6.08 Å². The fourth-order valence-electron chi connectivity index (χ4n) is 3.12. The number of aromatic nitrogens is 2. The number of carbonyl (C=O) groups excluding carboxylic acids is 1. The van der Waals surface area contributed by atoms with E-state index in [1.807, 2.05) is 30.0 Å². The minimum atomic E-state index is 0.138. The number of amides is 1. The van der Waals surface area contributed by atoms with Crippen LogP contribution < -0.4 is 0 Å². The van der Waals surface area contributed by atoms with Gasteiger partial charge in [-0.3, -0.25) is 4.79 Å². The Kier molecular flexibility index (Phi) is 3.84. The maximum atomic E-state index is 12.1. The van der Waals surface area contributed by atoms with Gasteiger partial charge in [0, 0.05) is 32.0 Å². The third kappa shape index (κ3) is 2.56. The van der Waals surface area contributed by atoms with Crippen molar-refractivity contribution in [2.75, 3.05) is 13.1 Å². The number of hydrogen-bond acceptors (Lipinski definition) is 2. The number of para-hydroxylation sites is 2. The molecule has 22 heavy (non-hydrogen) atoms. The Labute approximate surface area is 130 Å². The lowest BCUT2D eigenvalue weighted by Gasteiger charge is -2.15. The van der Waals surface area contributed by atoms with Gasteiger partial charge in [0.25, 0.3) is 0 Å². The van der Waals surface area contributed by atoms with Crippen molar-refractivity contribution in [2.45, 2.75) is 25.8 Å². The third-order valence-corrected chi connectivity index (χ3v) is 4.04. The predicted octanol–water partition coefficient (Wildman–Crippen LogP) is 3.11. The molecule has 1 aliphatic heterocycles. The standard InChI is InChI=1S/C18H21N3O/c1-4-9-20-12-14(10-17(20)22)18-19-15-7-5-6-8-16(15)21(18)11-13(2)3/h4-8,14H,1-2,9-12H2,3H3/t14-/m0/s1. The van der Waals surface area contributed by atoms with Gasteiger partial charge in [-0.2, -0.15) is 0 Å². The van der Waals surface area contributed by atoms with Crippen molar-refractivity contribution in [3.8, 4) is 0 Å². The van der Waals surface area contributed by atoms with Crippen LogP contribution in [0.15, 0.2) is 49.1 Å². The summed E-state index contributed by atoms with van der Waals surface area (Å²) >= 11 is 0. The fourth-order valence-corrected chi connectivity index (χ4v) is 3.12. The normalized spacial score (nSPS) is 18.1. The number of fused-ring (bicyclic) bond motifs is 1. The second kappa shape index (κ2) is 5.79. The topological polar surface area (TPSA) is 38.1 Å². The minimum Gasteiger partial charge on any atom is -0.338 e. The lowest BCUT2D eigenvalue weighted by Crippen LogP contribution is -2.25. The zero-order valence-electron chi connectivity index (χ0n) is 13.0. The summed E-state index contributed by atoms with van der Waals surface area (Å²) in [6.45, 7) is 11.8. The molecule has 1 atom stereocenters. The summed E-state index contributed by atoms with van der Waals surface area (Å²) < 4.78 is 2.20. The van der Waals surface area contributed by atoms with Crippen molar-refractivity contribution in [1.29, 1.82) is 0 Å². The van der Waals surface area contributed by atoms with E-state index in [2.05, 4.69) is 23.8 Å². The van der Waals surface area contributed by atoms with Gasteiger partial charge < -0.3 is 9.47 Å². The highest BCUT2D eigenvalue weighted by Crippen LogP contribution is 2.30. The maximum absolute atomic E-state index is 12.1. The molecule has 4 heteroatoms. The summed E-state index contributed by atoms with van der Waals surface area (Å²) in [6, 6.07) is 8.11. The van der Waals surface area contributed by atoms with Gasteiger partial charge in [-0.1, -0.05) is 30.4 Å². The molecule has 1 aliphatic rings. The summed E-state index contributed by atoms with van der Waals surface area (Å²) in [5, 5.41) is 0. The Morgan fingerprint density at radius 1 is 1.45 bits per heavy atom. The fraction of sp³-hybridized carbons (Fsp3) is 0.333. The number of imidazole rings is 1. The number of carbonyl (C=O) groups is 1. The summed E-state index contributed by atoms with van der Waals surface area (Å²) in [7, 11) is 0. The van der Waals surface area contributed by atoms with E-state index in [0.717, 1.165) is 29.0 Å². The quantitative estimate of drug-likeness (QED) is 0.795. The van der Waals surface area contributed by atoms with E-state index >= 15 is 0 Å². The monoisotopic (exact) mass is 295 g/mol. The van der Waals surface area contributed by atoms with Gasteiger partial charge in [-0.15, -0.1) is 6.58 Å². The van der Waals surface area contributed by atoms with Crippen LogP contribution in [0.3, 0.4) is 0 Å². The molecule has 2 heterocycles. The highest BCUT2D eigenvalue weighted by Gasteiger charge is 2.33. The average Bonchev–Trinajstić information content (AvgIpc) is 3.01. The smallest absolute Gasteiger partial charge is 0.223 e. The van der Waals surface area contributed by atoms with E-state index in [9.17, 15) is 4.79 Å². The molecule has 2 aromatic rings. The van der Waals surface area contributed by atoms with E-state index in [-0.39, 0.29) is 11.8 Å². The summed E-state index contributed by atoms with van der Waals surface area (Å²) in [4.78, 5) is 18.8.